The highest BCUT2D eigenvalue weighted by atomic mass is 19.3. The predicted molar refractivity (Wildman–Crippen MR) is 104 cm³/mol. The third-order valence-electron chi connectivity index (χ3n) is 3.73. The van der Waals surface area contributed by atoms with Crippen molar-refractivity contribution in [3.8, 4) is 0 Å². The summed E-state index contributed by atoms with van der Waals surface area (Å²) in [5, 5.41) is 21.2. The molecule has 0 aromatic heterocycles. The summed E-state index contributed by atoms with van der Waals surface area (Å²) in [6, 6.07) is 9.95. The number of amidine groups is 1. The van der Waals surface area contributed by atoms with Gasteiger partial charge in [-0.2, -0.15) is 8.78 Å². The van der Waals surface area contributed by atoms with Crippen molar-refractivity contribution in [1.82, 2.24) is 5.32 Å². The number of hydrogen-bond acceptors (Lipinski definition) is 4. The molecule has 0 heterocycles. The van der Waals surface area contributed by atoms with E-state index in [-0.39, 0.29) is 12.2 Å². The minimum absolute atomic E-state index is 0.0368. The van der Waals surface area contributed by atoms with Crippen LogP contribution in [0.2, 0.25) is 0 Å². The Labute approximate surface area is 165 Å². The van der Waals surface area contributed by atoms with E-state index in [1.54, 1.807) is 24.3 Å². The molecule has 2 aromatic rings. The minimum atomic E-state index is -3.60. The highest BCUT2D eigenvalue weighted by molar-refractivity contribution is 5.89. The van der Waals surface area contributed by atoms with Crippen molar-refractivity contribution in [2.24, 2.45) is 5.73 Å². The van der Waals surface area contributed by atoms with Gasteiger partial charge in [-0.05, 0) is 42.0 Å². The van der Waals surface area contributed by atoms with Gasteiger partial charge in [-0.3, -0.25) is 10.2 Å². The van der Waals surface area contributed by atoms with Crippen molar-refractivity contribution in [2.45, 2.75) is 12.3 Å². The van der Waals surface area contributed by atoms with Gasteiger partial charge in [0.1, 0.15) is 17.5 Å². The fourth-order valence-corrected chi connectivity index (χ4v) is 2.42. The molecular weight excluding hydrogens is 385 g/mol. The summed E-state index contributed by atoms with van der Waals surface area (Å²) in [7, 11) is 0. The zero-order chi connectivity index (χ0) is 21.6. The monoisotopic (exact) mass is 404 g/mol. The molecule has 6 N–H and O–H groups in total. The Hall–Kier alpha value is -3.75. The quantitative estimate of drug-likeness (QED) is 0.324. The number of aliphatic carboxylic acids is 1. The van der Waals surface area contributed by atoms with Gasteiger partial charge in [-0.1, -0.05) is 18.7 Å². The summed E-state index contributed by atoms with van der Waals surface area (Å²) >= 11 is 0. The van der Waals surface area contributed by atoms with E-state index < -0.39 is 34.8 Å². The molecule has 0 unspecified atom stereocenters. The normalized spacial score (nSPS) is 11.6. The first-order valence-corrected chi connectivity index (χ1v) is 8.31. The Balaban J connectivity index is 2.17. The number of benzene rings is 2. The van der Waals surface area contributed by atoms with Gasteiger partial charge in [0.05, 0.1) is 12.1 Å². The zero-order valence-corrected chi connectivity index (χ0v) is 15.2. The highest BCUT2D eigenvalue weighted by Crippen LogP contribution is 2.34. The SMILES string of the molecule is C=C(NC(=CC(=N)N)C(F)(F)c1ccc(F)cc1)Nc1ccc(CC(=O)O)cc1. The van der Waals surface area contributed by atoms with Crippen molar-refractivity contribution >= 4 is 17.5 Å². The average Bonchev–Trinajstić information content (AvgIpc) is 2.62. The summed E-state index contributed by atoms with van der Waals surface area (Å²) in [4.78, 5) is 10.7. The molecule has 0 aliphatic heterocycles. The second kappa shape index (κ2) is 8.96. The van der Waals surface area contributed by atoms with Crippen molar-refractivity contribution in [3.63, 3.8) is 0 Å². The van der Waals surface area contributed by atoms with E-state index in [1.165, 1.54) is 0 Å². The number of carboxylic acid groups (broad SMARTS) is 1. The lowest BCUT2D eigenvalue weighted by atomic mass is 10.0. The summed E-state index contributed by atoms with van der Waals surface area (Å²) in [6.07, 6.45) is 0.598. The van der Waals surface area contributed by atoms with Gasteiger partial charge in [-0.25, -0.2) is 4.39 Å². The number of carboxylic acids is 1. The summed E-state index contributed by atoms with van der Waals surface area (Å²) in [6.45, 7) is 3.63. The van der Waals surface area contributed by atoms with Crippen LogP contribution in [-0.4, -0.2) is 16.9 Å². The maximum Gasteiger partial charge on any atom is 0.312 e. The summed E-state index contributed by atoms with van der Waals surface area (Å²) < 4.78 is 42.8. The molecule has 0 fully saturated rings. The molecule has 0 saturated heterocycles. The van der Waals surface area contributed by atoms with Gasteiger partial charge in [0.15, 0.2) is 0 Å². The van der Waals surface area contributed by atoms with E-state index in [9.17, 15) is 18.0 Å². The molecule has 0 amide bonds. The molecule has 0 radical (unpaired) electrons. The summed E-state index contributed by atoms with van der Waals surface area (Å²) in [5.74, 6) is -5.88. The smallest absolute Gasteiger partial charge is 0.312 e. The van der Waals surface area contributed by atoms with Crippen molar-refractivity contribution < 1.29 is 23.1 Å². The van der Waals surface area contributed by atoms with Crippen LogP contribution < -0.4 is 16.4 Å². The number of hydrogen-bond donors (Lipinski definition) is 5. The Morgan fingerprint density at radius 1 is 1.17 bits per heavy atom. The maximum atomic E-state index is 14.9. The second-order valence-electron chi connectivity index (χ2n) is 6.09. The van der Waals surface area contributed by atoms with E-state index in [0.717, 1.165) is 30.3 Å². The second-order valence-corrected chi connectivity index (χ2v) is 6.09. The van der Waals surface area contributed by atoms with Crippen LogP contribution in [-0.2, 0) is 17.1 Å². The van der Waals surface area contributed by atoms with Crippen LogP contribution in [0.4, 0.5) is 18.9 Å². The van der Waals surface area contributed by atoms with Crippen molar-refractivity contribution in [3.05, 3.63) is 89.6 Å². The molecule has 0 aliphatic carbocycles. The first-order chi connectivity index (χ1) is 13.6. The van der Waals surface area contributed by atoms with Gasteiger partial charge in [-0.15, -0.1) is 0 Å². The van der Waals surface area contributed by atoms with E-state index >= 15 is 0 Å². The van der Waals surface area contributed by atoms with Crippen LogP contribution in [0.5, 0.6) is 0 Å². The van der Waals surface area contributed by atoms with Crippen LogP contribution in [0.3, 0.4) is 0 Å². The van der Waals surface area contributed by atoms with Gasteiger partial charge < -0.3 is 21.5 Å². The number of nitrogens with two attached hydrogens (primary N) is 1. The average molecular weight is 404 g/mol. The molecule has 152 valence electrons. The van der Waals surface area contributed by atoms with E-state index in [0.29, 0.717) is 11.3 Å². The highest BCUT2D eigenvalue weighted by Gasteiger charge is 2.37. The molecular formula is C20H19F3N4O2. The molecule has 2 aromatic carbocycles. The molecule has 0 saturated carbocycles. The van der Waals surface area contributed by atoms with Gasteiger partial charge in [0, 0.05) is 17.3 Å². The van der Waals surface area contributed by atoms with E-state index in [1.807, 2.05) is 0 Å². The zero-order valence-electron chi connectivity index (χ0n) is 15.2. The maximum absolute atomic E-state index is 14.9. The van der Waals surface area contributed by atoms with Crippen LogP contribution >= 0.6 is 0 Å². The van der Waals surface area contributed by atoms with Crippen molar-refractivity contribution in [1.29, 1.82) is 5.41 Å². The molecule has 2 rings (SSSR count). The largest absolute Gasteiger partial charge is 0.481 e. The fourth-order valence-electron chi connectivity index (χ4n) is 2.42. The summed E-state index contributed by atoms with van der Waals surface area (Å²) in [5.41, 5.74) is 5.08. The first kappa shape index (κ1) is 21.5. The molecule has 6 nitrogen and oxygen atoms in total. The Morgan fingerprint density at radius 2 is 1.76 bits per heavy atom. The number of anilines is 1. The van der Waals surface area contributed by atoms with Crippen LogP contribution in [0.25, 0.3) is 0 Å². The van der Waals surface area contributed by atoms with Gasteiger partial charge >= 0.3 is 11.9 Å². The molecule has 0 aliphatic rings. The topological polar surface area (TPSA) is 111 Å². The third-order valence-corrected chi connectivity index (χ3v) is 3.73. The molecule has 29 heavy (non-hydrogen) atoms. The number of halogens is 3. The molecule has 9 heteroatoms. The van der Waals surface area contributed by atoms with Gasteiger partial charge in [0.2, 0.25) is 0 Å². The lowest BCUT2D eigenvalue weighted by Gasteiger charge is -2.23. The van der Waals surface area contributed by atoms with Crippen molar-refractivity contribution in [2.75, 3.05) is 5.32 Å². The standard InChI is InChI=1S/C20H19F3N4O2/c1-12(26-16-8-2-13(3-9-16)10-19(28)29)27-17(11-18(24)25)20(22,23)14-4-6-15(21)7-5-14/h2-9,11,26-27H,1,10H2,(H3,24,25)(H,28,29). The fraction of sp³-hybridized carbons (Fsp3) is 0.100. The number of nitrogens with one attached hydrogen (secondary N) is 3. The van der Waals surface area contributed by atoms with Gasteiger partial charge in [0.25, 0.3) is 0 Å². The number of rotatable bonds is 9. The van der Waals surface area contributed by atoms with Crippen LogP contribution in [0.1, 0.15) is 11.1 Å². The molecule has 0 atom stereocenters. The number of carbonyl (C=O) groups is 1. The lowest BCUT2D eigenvalue weighted by Crippen LogP contribution is -2.31. The lowest BCUT2D eigenvalue weighted by molar-refractivity contribution is -0.136. The van der Waals surface area contributed by atoms with Crippen LogP contribution in [0, 0.1) is 11.2 Å². The Kier molecular flexibility index (Phi) is 6.66. The van der Waals surface area contributed by atoms with E-state index in [2.05, 4.69) is 17.2 Å². The third kappa shape index (κ3) is 6.13. The Morgan fingerprint density at radius 3 is 2.28 bits per heavy atom. The number of allylic oxidation sites excluding steroid dienone is 1. The minimum Gasteiger partial charge on any atom is -0.481 e. The molecule has 0 bridgehead atoms. The predicted octanol–water partition coefficient (Wildman–Crippen LogP) is 3.54. The first-order valence-electron chi connectivity index (χ1n) is 8.31. The molecule has 0 spiro atoms. The van der Waals surface area contributed by atoms with Crippen LogP contribution in [0.15, 0.2) is 72.7 Å². The number of alkyl halides is 2. The Bertz CT molecular complexity index is 939. The van der Waals surface area contributed by atoms with E-state index in [4.69, 9.17) is 16.2 Å².